The van der Waals surface area contributed by atoms with Gasteiger partial charge in [0.25, 0.3) is 0 Å². The van der Waals surface area contributed by atoms with E-state index >= 15 is 0 Å². The highest BCUT2D eigenvalue weighted by Gasteiger charge is 2.45. The number of carbonyl (C=O) groups excluding carboxylic acids is 1. The van der Waals surface area contributed by atoms with Crippen molar-refractivity contribution in [1.82, 2.24) is 0 Å². The standard InChI is InChI=1S/C21H16O8/c1-24-13-7-10(8-14-18(13)27-9-26-14)15-16-17(29-19(15)21(23)25-2)11-5-3-4-6-12(11)28-20(16)22/h3-8,15,19H,9H2,1-2H3/t15-,19+/m0/s1. The summed E-state index contributed by atoms with van der Waals surface area (Å²) >= 11 is 0. The van der Waals surface area contributed by atoms with Gasteiger partial charge in [0, 0.05) is 0 Å². The van der Waals surface area contributed by atoms with Crippen LogP contribution in [0.1, 0.15) is 17.0 Å². The molecule has 3 aromatic rings. The first kappa shape index (κ1) is 17.4. The number of fused-ring (bicyclic) bond motifs is 4. The van der Waals surface area contributed by atoms with Crippen molar-refractivity contribution in [3.05, 3.63) is 57.9 Å². The van der Waals surface area contributed by atoms with E-state index in [1.165, 1.54) is 14.2 Å². The van der Waals surface area contributed by atoms with Crippen LogP contribution >= 0.6 is 0 Å². The number of para-hydroxylation sites is 1. The van der Waals surface area contributed by atoms with Crippen LogP contribution in [0.25, 0.3) is 11.0 Å². The average Bonchev–Trinajstić information content (AvgIpc) is 3.37. The third kappa shape index (κ3) is 2.52. The van der Waals surface area contributed by atoms with E-state index in [1.807, 2.05) is 0 Å². The lowest BCUT2D eigenvalue weighted by molar-refractivity contribution is -0.148. The van der Waals surface area contributed by atoms with Crippen LogP contribution in [0.5, 0.6) is 23.0 Å². The minimum Gasteiger partial charge on any atom is -0.493 e. The van der Waals surface area contributed by atoms with E-state index in [0.29, 0.717) is 39.5 Å². The van der Waals surface area contributed by atoms with Crippen LogP contribution in [0.4, 0.5) is 0 Å². The molecule has 0 saturated carbocycles. The van der Waals surface area contributed by atoms with Crippen molar-refractivity contribution in [3.63, 3.8) is 0 Å². The predicted molar refractivity (Wildman–Crippen MR) is 99.9 cm³/mol. The molecule has 0 aliphatic carbocycles. The second-order valence-electron chi connectivity index (χ2n) is 6.62. The first-order chi connectivity index (χ1) is 14.1. The summed E-state index contributed by atoms with van der Waals surface area (Å²) in [4.78, 5) is 25.4. The number of hydrogen-bond donors (Lipinski definition) is 0. The molecule has 0 N–H and O–H groups in total. The number of ether oxygens (including phenoxy) is 5. The smallest absolute Gasteiger partial charge is 0.348 e. The van der Waals surface area contributed by atoms with Crippen LogP contribution in [0.2, 0.25) is 0 Å². The zero-order chi connectivity index (χ0) is 20.1. The summed E-state index contributed by atoms with van der Waals surface area (Å²) in [5.41, 5.74) is 0.637. The molecule has 5 rings (SSSR count). The number of benzene rings is 2. The van der Waals surface area contributed by atoms with Gasteiger partial charge in [-0.05, 0) is 29.8 Å². The Morgan fingerprint density at radius 2 is 1.93 bits per heavy atom. The second kappa shape index (κ2) is 6.44. The van der Waals surface area contributed by atoms with Crippen LogP contribution in [-0.4, -0.2) is 33.1 Å². The van der Waals surface area contributed by atoms with Gasteiger partial charge in [-0.25, -0.2) is 9.59 Å². The molecule has 3 heterocycles. The average molecular weight is 396 g/mol. The van der Waals surface area contributed by atoms with E-state index in [9.17, 15) is 9.59 Å². The van der Waals surface area contributed by atoms with Crippen LogP contribution < -0.4 is 24.6 Å². The Labute approximate surface area is 164 Å². The summed E-state index contributed by atoms with van der Waals surface area (Å²) in [7, 11) is 2.77. The third-order valence-corrected chi connectivity index (χ3v) is 5.13. The number of esters is 1. The number of rotatable bonds is 3. The Hall–Kier alpha value is -3.68. The van der Waals surface area contributed by atoms with E-state index < -0.39 is 23.6 Å². The maximum absolute atomic E-state index is 12.9. The Morgan fingerprint density at radius 1 is 1.10 bits per heavy atom. The fraction of sp³-hybridized carbons (Fsp3) is 0.238. The molecule has 0 spiro atoms. The summed E-state index contributed by atoms with van der Waals surface area (Å²) in [5.74, 6) is 0.302. The Kier molecular flexibility index (Phi) is 3.87. The zero-order valence-electron chi connectivity index (χ0n) is 15.6. The molecule has 29 heavy (non-hydrogen) atoms. The molecule has 2 aromatic carbocycles. The van der Waals surface area contributed by atoms with Gasteiger partial charge < -0.3 is 28.1 Å². The van der Waals surface area contributed by atoms with Gasteiger partial charge >= 0.3 is 11.6 Å². The summed E-state index contributed by atoms with van der Waals surface area (Å²) < 4.78 is 32.7. The molecular formula is C21H16O8. The molecule has 0 bridgehead atoms. The highest BCUT2D eigenvalue weighted by molar-refractivity contribution is 5.88. The van der Waals surface area contributed by atoms with Gasteiger partial charge in [0.2, 0.25) is 18.6 Å². The monoisotopic (exact) mass is 396 g/mol. The molecule has 0 radical (unpaired) electrons. The van der Waals surface area contributed by atoms with Gasteiger partial charge in [0.15, 0.2) is 11.5 Å². The lowest BCUT2D eigenvalue weighted by Gasteiger charge is -2.18. The van der Waals surface area contributed by atoms with E-state index in [4.69, 9.17) is 28.1 Å². The SMILES string of the molecule is COC(=O)[C@@H]1Oc2c(c(=O)oc3ccccc23)[C@@H]1c1cc(OC)c2c(c1)OCO2. The lowest BCUT2D eigenvalue weighted by Crippen LogP contribution is -2.31. The summed E-state index contributed by atoms with van der Waals surface area (Å²) in [6.45, 7) is 0.0557. The quantitative estimate of drug-likeness (QED) is 0.493. The summed E-state index contributed by atoms with van der Waals surface area (Å²) in [6.07, 6.45) is -1.06. The van der Waals surface area contributed by atoms with Gasteiger partial charge in [-0.3, -0.25) is 0 Å². The van der Waals surface area contributed by atoms with Crippen molar-refractivity contribution >= 4 is 16.9 Å². The predicted octanol–water partition coefficient (Wildman–Crippen LogP) is 2.60. The molecule has 0 unspecified atom stereocenters. The second-order valence-corrected chi connectivity index (χ2v) is 6.62. The number of hydrogen-bond acceptors (Lipinski definition) is 8. The van der Waals surface area contributed by atoms with Crippen LogP contribution in [-0.2, 0) is 9.53 Å². The zero-order valence-corrected chi connectivity index (χ0v) is 15.6. The first-order valence-corrected chi connectivity index (χ1v) is 8.90. The highest BCUT2D eigenvalue weighted by Crippen LogP contribution is 2.49. The fourth-order valence-electron chi connectivity index (χ4n) is 3.85. The molecule has 2 aliphatic rings. The van der Waals surface area contributed by atoms with E-state index in [1.54, 1.807) is 36.4 Å². The molecule has 1 aromatic heterocycles. The Bertz CT molecular complexity index is 1200. The van der Waals surface area contributed by atoms with E-state index in [0.717, 1.165) is 0 Å². The minimum atomic E-state index is -1.06. The molecule has 148 valence electrons. The highest BCUT2D eigenvalue weighted by atomic mass is 16.7. The van der Waals surface area contributed by atoms with E-state index in [-0.39, 0.29) is 12.4 Å². The maximum atomic E-state index is 12.9. The van der Waals surface area contributed by atoms with Crippen molar-refractivity contribution in [2.75, 3.05) is 21.0 Å². The molecule has 2 aliphatic heterocycles. The van der Waals surface area contributed by atoms with Crippen molar-refractivity contribution < 1.29 is 32.9 Å². The molecule has 8 nitrogen and oxygen atoms in total. The first-order valence-electron chi connectivity index (χ1n) is 8.90. The Morgan fingerprint density at radius 3 is 2.72 bits per heavy atom. The van der Waals surface area contributed by atoms with Gasteiger partial charge in [0.1, 0.15) is 11.3 Å². The summed E-state index contributed by atoms with van der Waals surface area (Å²) in [6, 6.07) is 10.4. The largest absolute Gasteiger partial charge is 0.493 e. The van der Waals surface area contributed by atoms with Gasteiger partial charge in [0.05, 0.1) is 31.1 Å². The fourth-order valence-corrected chi connectivity index (χ4v) is 3.85. The summed E-state index contributed by atoms with van der Waals surface area (Å²) in [5, 5.41) is 0.603. The van der Waals surface area contributed by atoms with Crippen molar-refractivity contribution in [1.29, 1.82) is 0 Å². The Balaban J connectivity index is 1.77. The van der Waals surface area contributed by atoms with Crippen molar-refractivity contribution in [3.8, 4) is 23.0 Å². The lowest BCUT2D eigenvalue weighted by atomic mass is 9.88. The van der Waals surface area contributed by atoms with Gasteiger partial charge in [-0.1, -0.05) is 12.1 Å². The molecule has 8 heteroatoms. The van der Waals surface area contributed by atoms with Crippen molar-refractivity contribution in [2.24, 2.45) is 0 Å². The van der Waals surface area contributed by atoms with Crippen LogP contribution in [0.15, 0.2) is 45.6 Å². The van der Waals surface area contributed by atoms with Crippen LogP contribution in [0.3, 0.4) is 0 Å². The van der Waals surface area contributed by atoms with E-state index in [2.05, 4.69) is 0 Å². The maximum Gasteiger partial charge on any atom is 0.348 e. The van der Waals surface area contributed by atoms with Crippen LogP contribution in [0, 0.1) is 0 Å². The van der Waals surface area contributed by atoms with Crippen molar-refractivity contribution in [2.45, 2.75) is 12.0 Å². The number of methoxy groups -OCH3 is 2. The third-order valence-electron chi connectivity index (χ3n) is 5.13. The topological polar surface area (TPSA) is 93.4 Å². The normalized spacial score (nSPS) is 19.0. The molecule has 0 saturated heterocycles. The molecular weight excluding hydrogens is 380 g/mol. The van der Waals surface area contributed by atoms with Gasteiger partial charge in [-0.15, -0.1) is 0 Å². The van der Waals surface area contributed by atoms with Gasteiger partial charge in [-0.2, -0.15) is 0 Å². The molecule has 0 fully saturated rings. The molecule has 2 atom stereocenters. The minimum absolute atomic E-state index is 0.0557. The number of carbonyl (C=O) groups is 1. The molecule has 0 amide bonds.